The molecule has 0 aromatic carbocycles. The molecule has 1 aromatic heterocycles. The van der Waals surface area contributed by atoms with E-state index < -0.39 is 0 Å². The van der Waals surface area contributed by atoms with E-state index in [4.69, 9.17) is 11.6 Å². The van der Waals surface area contributed by atoms with Crippen LogP contribution in [0, 0.1) is 13.8 Å². The van der Waals surface area contributed by atoms with Crippen molar-refractivity contribution in [1.82, 2.24) is 4.57 Å². The largest absolute Gasteiger partial charge is 0.396 e. The van der Waals surface area contributed by atoms with Crippen LogP contribution in [-0.2, 0) is 7.05 Å². The topological polar surface area (TPSA) is 69.3 Å². The Labute approximate surface area is 71.5 Å². The summed E-state index contributed by atoms with van der Waals surface area (Å²) < 4.78 is 2.00. The van der Waals surface area contributed by atoms with E-state index >= 15 is 0 Å². The summed E-state index contributed by atoms with van der Waals surface area (Å²) in [4.78, 5) is 0. The van der Waals surface area contributed by atoms with Crippen LogP contribution in [0.4, 0.5) is 5.69 Å². The van der Waals surface area contributed by atoms with Gasteiger partial charge in [0.05, 0.1) is 5.69 Å². The Morgan fingerprint density at radius 3 is 2.50 bits per heavy atom. The number of hydrogen-bond donors (Lipinski definition) is 2. The molecule has 66 valence electrons. The molecule has 0 atom stereocenters. The van der Waals surface area contributed by atoms with E-state index in [0.717, 1.165) is 11.4 Å². The highest BCUT2D eigenvalue weighted by Crippen LogP contribution is 2.05. The lowest BCUT2D eigenvalue weighted by Gasteiger charge is -2.10. The van der Waals surface area contributed by atoms with Gasteiger partial charge in [0.1, 0.15) is 5.36 Å². The number of anilines is 1. The van der Waals surface area contributed by atoms with Crippen LogP contribution in [0.25, 0.3) is 0 Å². The summed E-state index contributed by atoms with van der Waals surface area (Å²) in [5, 5.41) is 4.25. The van der Waals surface area contributed by atoms with Crippen molar-refractivity contribution in [1.29, 1.82) is 0 Å². The summed E-state index contributed by atoms with van der Waals surface area (Å²) in [6.45, 7) is 3.93. The van der Waals surface area contributed by atoms with E-state index in [-0.39, 0.29) is 0 Å². The summed E-state index contributed by atoms with van der Waals surface area (Å²) in [5.41, 5.74) is 8.49. The Morgan fingerprint density at radius 1 is 1.42 bits per heavy atom. The second kappa shape index (κ2) is 2.89. The summed E-state index contributed by atoms with van der Waals surface area (Å²) in [6, 6.07) is 1.86. The molecule has 0 saturated carbocycles. The van der Waals surface area contributed by atoms with E-state index in [1.807, 2.05) is 31.5 Å². The SMILES string of the molecule is Cc1cc(=NN)c(N)c(C)n1C. The maximum absolute atomic E-state index is 5.77. The van der Waals surface area contributed by atoms with E-state index in [9.17, 15) is 0 Å². The number of rotatable bonds is 0. The predicted molar refractivity (Wildman–Crippen MR) is 49.0 cm³/mol. The quantitative estimate of drug-likeness (QED) is 0.420. The van der Waals surface area contributed by atoms with Gasteiger partial charge >= 0.3 is 0 Å². The Balaban J connectivity index is 3.62. The van der Waals surface area contributed by atoms with Crippen LogP contribution in [0.3, 0.4) is 0 Å². The lowest BCUT2D eigenvalue weighted by atomic mass is 10.2. The van der Waals surface area contributed by atoms with Gasteiger partial charge in [-0.3, -0.25) is 0 Å². The van der Waals surface area contributed by atoms with Gasteiger partial charge in [-0.25, -0.2) is 0 Å². The van der Waals surface area contributed by atoms with E-state index in [1.54, 1.807) is 0 Å². The molecule has 4 nitrogen and oxygen atoms in total. The molecule has 1 heterocycles. The highest BCUT2D eigenvalue weighted by Gasteiger charge is 2.01. The van der Waals surface area contributed by atoms with Crippen LogP contribution < -0.4 is 16.9 Å². The maximum Gasteiger partial charge on any atom is 0.109 e. The molecular formula is C8H14N4. The van der Waals surface area contributed by atoms with Crippen molar-refractivity contribution in [2.24, 2.45) is 18.0 Å². The molecular weight excluding hydrogens is 152 g/mol. The Kier molecular flexibility index (Phi) is 2.08. The third-order valence-electron chi connectivity index (χ3n) is 2.18. The van der Waals surface area contributed by atoms with Gasteiger partial charge in [0, 0.05) is 18.4 Å². The Morgan fingerprint density at radius 2 is 2.00 bits per heavy atom. The van der Waals surface area contributed by atoms with Crippen molar-refractivity contribution in [2.45, 2.75) is 13.8 Å². The molecule has 0 aliphatic rings. The zero-order chi connectivity index (χ0) is 9.30. The first kappa shape index (κ1) is 8.64. The van der Waals surface area contributed by atoms with Crippen LogP contribution in [0.15, 0.2) is 11.2 Å². The lowest BCUT2D eigenvalue weighted by Crippen LogP contribution is -2.18. The second-order valence-corrected chi connectivity index (χ2v) is 2.86. The van der Waals surface area contributed by atoms with Crippen molar-refractivity contribution in [3.05, 3.63) is 22.8 Å². The molecule has 0 radical (unpaired) electrons. The molecule has 1 rings (SSSR count). The molecule has 1 aromatic rings. The van der Waals surface area contributed by atoms with Gasteiger partial charge in [0.25, 0.3) is 0 Å². The monoisotopic (exact) mass is 166 g/mol. The fraction of sp³-hybridized carbons (Fsp3) is 0.375. The summed E-state index contributed by atoms with van der Waals surface area (Å²) in [7, 11) is 1.96. The van der Waals surface area contributed by atoms with Crippen LogP contribution in [0.1, 0.15) is 11.4 Å². The number of aromatic nitrogens is 1. The minimum absolute atomic E-state index is 0.644. The highest BCUT2D eigenvalue weighted by molar-refractivity contribution is 5.42. The van der Waals surface area contributed by atoms with Crippen molar-refractivity contribution >= 4 is 5.69 Å². The summed E-state index contributed by atoms with van der Waals surface area (Å²) in [6.07, 6.45) is 0. The number of nitrogens with zero attached hydrogens (tertiary/aromatic N) is 2. The van der Waals surface area contributed by atoms with Gasteiger partial charge in [-0.1, -0.05) is 0 Å². The Bertz CT molecular complexity index is 362. The van der Waals surface area contributed by atoms with Crippen LogP contribution >= 0.6 is 0 Å². The molecule has 0 saturated heterocycles. The smallest absolute Gasteiger partial charge is 0.109 e. The zero-order valence-corrected chi connectivity index (χ0v) is 7.63. The first-order valence-corrected chi connectivity index (χ1v) is 3.74. The lowest BCUT2D eigenvalue weighted by molar-refractivity contribution is 0.812. The fourth-order valence-corrected chi connectivity index (χ4v) is 1.11. The summed E-state index contributed by atoms with van der Waals surface area (Å²) >= 11 is 0. The first-order valence-electron chi connectivity index (χ1n) is 3.74. The maximum atomic E-state index is 5.77. The van der Waals surface area contributed by atoms with Crippen LogP contribution in [0.5, 0.6) is 0 Å². The number of hydrogen-bond acceptors (Lipinski definition) is 3. The number of pyridine rings is 1. The summed E-state index contributed by atoms with van der Waals surface area (Å²) in [5.74, 6) is 5.17. The highest BCUT2D eigenvalue weighted by atomic mass is 15.1. The average molecular weight is 166 g/mol. The standard InChI is InChI=1S/C8H14N4/c1-5-4-7(11-10)8(9)6(2)12(5)3/h4H,9-10H2,1-3H3. The first-order chi connectivity index (χ1) is 5.57. The zero-order valence-electron chi connectivity index (χ0n) is 7.63. The van der Waals surface area contributed by atoms with Crippen molar-refractivity contribution < 1.29 is 0 Å². The molecule has 0 aliphatic carbocycles. The van der Waals surface area contributed by atoms with E-state index in [2.05, 4.69) is 5.10 Å². The Hall–Kier alpha value is -1.45. The molecule has 0 bridgehead atoms. The van der Waals surface area contributed by atoms with Crippen LogP contribution in [-0.4, -0.2) is 4.57 Å². The van der Waals surface area contributed by atoms with Crippen molar-refractivity contribution in [3.63, 3.8) is 0 Å². The molecule has 0 aliphatic heterocycles. The molecule has 0 fully saturated rings. The fourth-order valence-electron chi connectivity index (χ4n) is 1.11. The minimum Gasteiger partial charge on any atom is -0.396 e. The van der Waals surface area contributed by atoms with Gasteiger partial charge in [-0.05, 0) is 19.9 Å². The molecule has 0 unspecified atom stereocenters. The van der Waals surface area contributed by atoms with Crippen molar-refractivity contribution in [3.8, 4) is 0 Å². The number of aryl methyl sites for hydroxylation is 1. The third-order valence-corrected chi connectivity index (χ3v) is 2.18. The second-order valence-electron chi connectivity index (χ2n) is 2.86. The normalized spacial score (nSPS) is 12.1. The van der Waals surface area contributed by atoms with Crippen molar-refractivity contribution in [2.75, 3.05) is 5.73 Å². The molecule has 0 spiro atoms. The molecule has 4 N–H and O–H groups in total. The molecule has 0 amide bonds. The molecule has 12 heavy (non-hydrogen) atoms. The van der Waals surface area contributed by atoms with Gasteiger partial charge in [-0.2, -0.15) is 5.10 Å². The average Bonchev–Trinajstić information content (AvgIpc) is 2.08. The predicted octanol–water partition coefficient (Wildman–Crippen LogP) is -0.00146. The molecule has 4 heteroatoms. The van der Waals surface area contributed by atoms with E-state index in [1.165, 1.54) is 0 Å². The van der Waals surface area contributed by atoms with Gasteiger partial charge in [-0.15, -0.1) is 0 Å². The number of nitrogen functional groups attached to an aromatic ring is 1. The van der Waals surface area contributed by atoms with Gasteiger partial charge in [0.2, 0.25) is 0 Å². The van der Waals surface area contributed by atoms with Gasteiger partial charge in [0.15, 0.2) is 0 Å². The van der Waals surface area contributed by atoms with E-state index in [0.29, 0.717) is 11.0 Å². The third kappa shape index (κ3) is 1.15. The van der Waals surface area contributed by atoms with Gasteiger partial charge < -0.3 is 16.1 Å². The van der Waals surface area contributed by atoms with Crippen LogP contribution in [0.2, 0.25) is 0 Å². The number of nitrogens with two attached hydrogens (primary N) is 2. The minimum atomic E-state index is 0.644.